The molecule has 1 fully saturated rings. The summed E-state index contributed by atoms with van der Waals surface area (Å²) in [6.45, 7) is 4.00. The maximum atomic E-state index is 11.0. The molecule has 1 heterocycles. The molecule has 0 aromatic rings. The molecule has 2 N–H and O–H groups in total. The molecule has 11 heavy (non-hydrogen) atoms. The molecule has 1 aliphatic heterocycles. The highest BCUT2D eigenvalue weighted by Crippen LogP contribution is 2.08. The molecule has 0 aromatic carbocycles. The van der Waals surface area contributed by atoms with E-state index in [1.54, 1.807) is 0 Å². The van der Waals surface area contributed by atoms with Crippen LogP contribution in [-0.4, -0.2) is 24.4 Å². The second-order valence-electron chi connectivity index (χ2n) is 2.90. The summed E-state index contributed by atoms with van der Waals surface area (Å²) in [6.07, 6.45) is 0. The summed E-state index contributed by atoms with van der Waals surface area (Å²) in [5.41, 5.74) is 0. The molecule has 1 saturated heterocycles. The Morgan fingerprint density at radius 2 is 2.36 bits per heavy atom. The van der Waals surface area contributed by atoms with Crippen LogP contribution in [0, 0.1) is 5.92 Å². The zero-order chi connectivity index (χ0) is 8.43. The SMILES string of the molecule is CC(=O)NC1C(=O)NCC1C. The average molecular weight is 156 g/mol. The van der Waals surface area contributed by atoms with E-state index < -0.39 is 0 Å². The molecule has 4 heteroatoms. The van der Waals surface area contributed by atoms with Crippen LogP contribution >= 0.6 is 0 Å². The van der Waals surface area contributed by atoms with Crippen molar-refractivity contribution in [2.45, 2.75) is 19.9 Å². The van der Waals surface area contributed by atoms with Gasteiger partial charge in [0.05, 0.1) is 0 Å². The van der Waals surface area contributed by atoms with Crippen LogP contribution in [0.25, 0.3) is 0 Å². The molecule has 0 bridgehead atoms. The van der Waals surface area contributed by atoms with Gasteiger partial charge in [0, 0.05) is 19.4 Å². The van der Waals surface area contributed by atoms with Crippen molar-refractivity contribution in [1.29, 1.82) is 0 Å². The second-order valence-corrected chi connectivity index (χ2v) is 2.90. The van der Waals surface area contributed by atoms with Gasteiger partial charge in [-0.05, 0) is 0 Å². The van der Waals surface area contributed by atoms with Crippen molar-refractivity contribution in [3.8, 4) is 0 Å². The minimum absolute atomic E-state index is 0.0762. The van der Waals surface area contributed by atoms with Crippen molar-refractivity contribution in [3.63, 3.8) is 0 Å². The molecule has 0 aromatic heterocycles. The molecule has 2 atom stereocenters. The molecule has 0 saturated carbocycles. The number of hydrogen-bond donors (Lipinski definition) is 2. The summed E-state index contributed by atoms with van der Waals surface area (Å²) in [5.74, 6) is -0.0296. The van der Waals surface area contributed by atoms with E-state index in [2.05, 4.69) is 10.6 Å². The zero-order valence-corrected chi connectivity index (χ0v) is 6.68. The summed E-state index contributed by atoms with van der Waals surface area (Å²) in [6, 6.07) is -0.326. The predicted octanol–water partition coefficient (Wildman–Crippen LogP) is -0.743. The van der Waals surface area contributed by atoms with E-state index in [-0.39, 0.29) is 23.8 Å². The molecule has 0 spiro atoms. The van der Waals surface area contributed by atoms with E-state index in [4.69, 9.17) is 0 Å². The van der Waals surface area contributed by atoms with Crippen molar-refractivity contribution in [2.24, 2.45) is 5.92 Å². The molecular formula is C7H12N2O2. The molecule has 62 valence electrons. The van der Waals surface area contributed by atoms with Crippen LogP contribution in [0.4, 0.5) is 0 Å². The van der Waals surface area contributed by atoms with Crippen LogP contribution in [0.3, 0.4) is 0 Å². The number of carbonyl (C=O) groups excluding carboxylic acids is 2. The first kappa shape index (κ1) is 8.04. The van der Waals surface area contributed by atoms with E-state index in [0.717, 1.165) is 0 Å². The van der Waals surface area contributed by atoms with E-state index in [0.29, 0.717) is 6.54 Å². The van der Waals surface area contributed by atoms with Gasteiger partial charge in [-0.25, -0.2) is 0 Å². The van der Waals surface area contributed by atoms with Gasteiger partial charge < -0.3 is 10.6 Å². The maximum absolute atomic E-state index is 11.0. The lowest BCUT2D eigenvalue weighted by Gasteiger charge is -2.11. The molecule has 0 aliphatic carbocycles. The Bertz CT molecular complexity index is 191. The Morgan fingerprint density at radius 3 is 2.73 bits per heavy atom. The minimum atomic E-state index is -0.326. The Hall–Kier alpha value is -1.06. The van der Waals surface area contributed by atoms with E-state index >= 15 is 0 Å². The lowest BCUT2D eigenvalue weighted by Crippen LogP contribution is -2.41. The van der Waals surface area contributed by atoms with Crippen molar-refractivity contribution in [2.75, 3.05) is 6.54 Å². The van der Waals surface area contributed by atoms with Gasteiger partial charge in [-0.1, -0.05) is 6.92 Å². The molecule has 1 aliphatic rings. The Kier molecular flexibility index (Phi) is 2.12. The van der Waals surface area contributed by atoms with Crippen LogP contribution in [0.5, 0.6) is 0 Å². The van der Waals surface area contributed by atoms with Crippen molar-refractivity contribution < 1.29 is 9.59 Å². The van der Waals surface area contributed by atoms with Gasteiger partial charge in [0.2, 0.25) is 11.8 Å². The van der Waals surface area contributed by atoms with Gasteiger partial charge in [0.15, 0.2) is 0 Å². The molecule has 1 rings (SSSR count). The second kappa shape index (κ2) is 2.90. The molecule has 4 nitrogen and oxygen atoms in total. The lowest BCUT2D eigenvalue weighted by molar-refractivity contribution is -0.126. The summed E-state index contributed by atoms with van der Waals surface area (Å²) >= 11 is 0. The lowest BCUT2D eigenvalue weighted by atomic mass is 10.1. The van der Waals surface area contributed by atoms with Crippen LogP contribution in [0.15, 0.2) is 0 Å². The molecule has 2 amide bonds. The van der Waals surface area contributed by atoms with Gasteiger partial charge in [-0.2, -0.15) is 0 Å². The third kappa shape index (κ3) is 1.69. The van der Waals surface area contributed by atoms with Crippen LogP contribution in [0.2, 0.25) is 0 Å². The normalized spacial score (nSPS) is 29.8. The number of carbonyl (C=O) groups is 2. The van der Waals surface area contributed by atoms with Crippen LogP contribution in [-0.2, 0) is 9.59 Å². The smallest absolute Gasteiger partial charge is 0.242 e. The standard InChI is InChI=1S/C7H12N2O2/c1-4-3-8-7(11)6(4)9-5(2)10/h4,6H,3H2,1-2H3,(H,8,11)(H,9,10). The fraction of sp³-hybridized carbons (Fsp3) is 0.714. The number of rotatable bonds is 1. The summed E-state index contributed by atoms with van der Waals surface area (Å²) in [7, 11) is 0. The van der Waals surface area contributed by atoms with Gasteiger partial charge in [-0.15, -0.1) is 0 Å². The maximum Gasteiger partial charge on any atom is 0.242 e. The first-order valence-electron chi connectivity index (χ1n) is 3.66. The van der Waals surface area contributed by atoms with Crippen molar-refractivity contribution in [1.82, 2.24) is 10.6 Å². The van der Waals surface area contributed by atoms with Gasteiger partial charge >= 0.3 is 0 Å². The first-order chi connectivity index (χ1) is 5.11. The first-order valence-corrected chi connectivity index (χ1v) is 3.66. The van der Waals surface area contributed by atoms with E-state index in [1.807, 2.05) is 6.92 Å². The molecule has 2 unspecified atom stereocenters. The highest BCUT2D eigenvalue weighted by atomic mass is 16.2. The third-order valence-electron chi connectivity index (χ3n) is 1.81. The highest BCUT2D eigenvalue weighted by Gasteiger charge is 2.31. The van der Waals surface area contributed by atoms with E-state index in [1.165, 1.54) is 6.92 Å². The summed E-state index contributed by atoms with van der Waals surface area (Å²) in [4.78, 5) is 21.6. The molecule has 0 radical (unpaired) electrons. The van der Waals surface area contributed by atoms with Crippen LogP contribution in [0.1, 0.15) is 13.8 Å². The average Bonchev–Trinajstić information content (AvgIpc) is 2.18. The topological polar surface area (TPSA) is 58.2 Å². The monoisotopic (exact) mass is 156 g/mol. The largest absolute Gasteiger partial charge is 0.354 e. The zero-order valence-electron chi connectivity index (χ0n) is 6.68. The van der Waals surface area contributed by atoms with Crippen molar-refractivity contribution >= 4 is 11.8 Å². The number of hydrogen-bond acceptors (Lipinski definition) is 2. The van der Waals surface area contributed by atoms with Crippen LogP contribution < -0.4 is 10.6 Å². The summed E-state index contributed by atoms with van der Waals surface area (Å²) < 4.78 is 0. The van der Waals surface area contributed by atoms with Crippen molar-refractivity contribution in [3.05, 3.63) is 0 Å². The Labute approximate surface area is 65.3 Å². The quantitative estimate of drug-likeness (QED) is 0.525. The fourth-order valence-corrected chi connectivity index (χ4v) is 1.17. The fourth-order valence-electron chi connectivity index (χ4n) is 1.17. The van der Waals surface area contributed by atoms with Gasteiger partial charge in [0.1, 0.15) is 6.04 Å². The minimum Gasteiger partial charge on any atom is -0.354 e. The summed E-state index contributed by atoms with van der Waals surface area (Å²) in [5, 5.41) is 5.26. The highest BCUT2D eigenvalue weighted by molar-refractivity contribution is 5.88. The Morgan fingerprint density at radius 1 is 1.73 bits per heavy atom. The van der Waals surface area contributed by atoms with Gasteiger partial charge in [0.25, 0.3) is 0 Å². The molecular weight excluding hydrogens is 144 g/mol. The van der Waals surface area contributed by atoms with E-state index in [9.17, 15) is 9.59 Å². The predicted molar refractivity (Wildman–Crippen MR) is 39.8 cm³/mol. The number of nitrogens with one attached hydrogen (secondary N) is 2. The number of amides is 2. The van der Waals surface area contributed by atoms with Gasteiger partial charge in [-0.3, -0.25) is 9.59 Å². The Balaban J connectivity index is 2.54. The third-order valence-corrected chi connectivity index (χ3v) is 1.81.